The molecule has 21 heavy (non-hydrogen) atoms. The number of carbonyl (C=O) groups excluding carboxylic acids is 3. The molecule has 0 bridgehead atoms. The molecule has 2 rings (SSSR count). The molecule has 116 valence electrons. The number of nitrogens with zero attached hydrogens (tertiary/aromatic N) is 1. The minimum atomic E-state index is -2.14. The van der Waals surface area contributed by atoms with Gasteiger partial charge in [0.1, 0.15) is 12.6 Å². The molecule has 1 unspecified atom stereocenters. The maximum Gasteiger partial charge on any atom is 0.372 e. The highest BCUT2D eigenvalue weighted by Crippen LogP contribution is 2.33. The van der Waals surface area contributed by atoms with Crippen LogP contribution in [-0.4, -0.2) is 52.3 Å². The van der Waals surface area contributed by atoms with Gasteiger partial charge in [0, 0.05) is 12.8 Å². The van der Waals surface area contributed by atoms with Crippen LogP contribution in [0.4, 0.5) is 0 Å². The van der Waals surface area contributed by atoms with Crippen molar-refractivity contribution in [3.63, 3.8) is 0 Å². The van der Waals surface area contributed by atoms with Gasteiger partial charge in [0.2, 0.25) is 5.91 Å². The smallest absolute Gasteiger partial charge is 0.372 e. The number of hydrogen-bond acceptors (Lipinski definition) is 6. The average molecular weight is 300 g/mol. The number of esters is 1. The number of cyclic esters (lactones) is 1. The topological polar surface area (TPSA) is 122 Å². The highest BCUT2D eigenvalue weighted by Gasteiger charge is 2.59. The second-order valence-corrected chi connectivity index (χ2v) is 4.86. The van der Waals surface area contributed by atoms with E-state index in [9.17, 15) is 24.3 Å². The molecule has 0 spiro atoms. The van der Waals surface area contributed by atoms with Crippen LogP contribution in [-0.2, 0) is 28.8 Å². The minimum absolute atomic E-state index is 0.119. The molecule has 2 aliphatic heterocycles. The van der Waals surface area contributed by atoms with Crippen molar-refractivity contribution >= 4 is 23.8 Å². The molecule has 2 amide bonds. The van der Waals surface area contributed by atoms with Gasteiger partial charge in [-0.25, -0.2) is 4.79 Å². The highest BCUT2D eigenvalue weighted by molar-refractivity contribution is 5.94. The van der Waals surface area contributed by atoms with Crippen LogP contribution < -0.4 is 5.32 Å². The largest absolute Gasteiger partial charge is 0.477 e. The summed E-state index contributed by atoms with van der Waals surface area (Å²) in [6.07, 6.45) is 0.561. The summed E-state index contributed by atoms with van der Waals surface area (Å²) < 4.78 is 4.79. The summed E-state index contributed by atoms with van der Waals surface area (Å²) in [5.74, 6) is -3.26. The summed E-state index contributed by atoms with van der Waals surface area (Å²) in [6, 6.07) is -0.973. The van der Waals surface area contributed by atoms with Gasteiger partial charge < -0.3 is 15.2 Å². The number of hydrogen-bond donors (Lipinski definition) is 2. The Kier molecular flexibility index (Phi) is 4.12. The van der Waals surface area contributed by atoms with Crippen molar-refractivity contribution in [1.82, 2.24) is 10.4 Å². The molecule has 9 nitrogen and oxygen atoms in total. The lowest BCUT2D eigenvalue weighted by molar-refractivity contribution is -0.256. The third-order valence-corrected chi connectivity index (χ3v) is 3.29. The van der Waals surface area contributed by atoms with Crippen molar-refractivity contribution in [3.05, 3.63) is 0 Å². The first-order chi connectivity index (χ1) is 9.90. The van der Waals surface area contributed by atoms with E-state index in [1.807, 2.05) is 6.92 Å². The van der Waals surface area contributed by atoms with Gasteiger partial charge in [-0.05, 0) is 6.42 Å². The van der Waals surface area contributed by atoms with Gasteiger partial charge in [-0.3, -0.25) is 19.2 Å². The Bertz CT molecular complexity index is 492. The normalized spacial score (nSPS) is 28.6. The van der Waals surface area contributed by atoms with E-state index in [1.165, 1.54) is 0 Å². The van der Waals surface area contributed by atoms with Gasteiger partial charge in [0.05, 0.1) is 6.42 Å². The molecule has 0 aromatic heterocycles. The van der Waals surface area contributed by atoms with Crippen LogP contribution >= 0.6 is 0 Å². The Labute approximate surface area is 120 Å². The Balaban J connectivity index is 2.11. The second kappa shape index (κ2) is 5.68. The number of rotatable bonds is 5. The van der Waals surface area contributed by atoms with Gasteiger partial charge in [-0.2, -0.15) is 5.06 Å². The highest BCUT2D eigenvalue weighted by atomic mass is 16.7. The maximum absolute atomic E-state index is 12.2. The lowest BCUT2D eigenvalue weighted by atomic mass is 10.1. The van der Waals surface area contributed by atoms with E-state index in [2.05, 4.69) is 5.32 Å². The predicted octanol–water partition coefficient (Wildman–Crippen LogP) is -0.837. The molecule has 9 heteroatoms. The first-order valence-electron chi connectivity index (χ1n) is 6.62. The molecule has 2 aliphatic rings. The Morgan fingerprint density at radius 1 is 1.48 bits per heavy atom. The number of carboxylic acids is 1. The van der Waals surface area contributed by atoms with Crippen LogP contribution in [0.15, 0.2) is 0 Å². The molecule has 2 N–H and O–H groups in total. The third-order valence-electron chi connectivity index (χ3n) is 3.29. The maximum atomic E-state index is 12.2. The van der Waals surface area contributed by atoms with E-state index in [1.54, 1.807) is 0 Å². The van der Waals surface area contributed by atoms with Crippen molar-refractivity contribution in [2.75, 3.05) is 6.61 Å². The van der Waals surface area contributed by atoms with Crippen LogP contribution in [0.5, 0.6) is 0 Å². The zero-order chi connectivity index (χ0) is 15.6. The SMILES string of the molecule is CCCC(=O)N[C@H]1CON(C2(C(=O)O)CCC(=O)O2)C1=O. The van der Waals surface area contributed by atoms with Gasteiger partial charge in [0.25, 0.3) is 5.91 Å². The zero-order valence-corrected chi connectivity index (χ0v) is 11.5. The number of aliphatic carboxylic acids is 1. The first kappa shape index (κ1) is 15.2. The zero-order valence-electron chi connectivity index (χ0n) is 11.5. The standard InChI is InChI=1S/C12H16N2O7/c1-2-3-8(15)13-7-6-20-14(10(7)17)12(11(18)19)5-4-9(16)21-12/h7H,2-6H2,1H3,(H,13,15)(H,18,19)/t7-,12?/m0/s1. The van der Waals surface area contributed by atoms with Crippen LogP contribution in [0.25, 0.3) is 0 Å². The third kappa shape index (κ3) is 2.68. The quantitative estimate of drug-likeness (QED) is 0.635. The lowest BCUT2D eigenvalue weighted by Crippen LogP contribution is -2.56. The van der Waals surface area contributed by atoms with Crippen LogP contribution in [0, 0.1) is 0 Å². The fourth-order valence-electron chi connectivity index (χ4n) is 2.25. The number of hydroxylamine groups is 2. The number of ether oxygens (including phenoxy) is 1. The summed E-state index contributed by atoms with van der Waals surface area (Å²) in [5.41, 5.74) is -2.14. The Hall–Kier alpha value is -2.16. The van der Waals surface area contributed by atoms with Crippen molar-refractivity contribution in [1.29, 1.82) is 0 Å². The molecule has 0 aromatic rings. The van der Waals surface area contributed by atoms with E-state index >= 15 is 0 Å². The van der Waals surface area contributed by atoms with Gasteiger partial charge >= 0.3 is 17.7 Å². The predicted molar refractivity (Wildman–Crippen MR) is 65.3 cm³/mol. The fourth-order valence-corrected chi connectivity index (χ4v) is 2.25. The molecular weight excluding hydrogens is 284 g/mol. The minimum Gasteiger partial charge on any atom is -0.477 e. The fraction of sp³-hybridized carbons (Fsp3) is 0.667. The second-order valence-electron chi connectivity index (χ2n) is 4.86. The van der Waals surface area contributed by atoms with E-state index in [4.69, 9.17) is 9.57 Å². The monoisotopic (exact) mass is 300 g/mol. The van der Waals surface area contributed by atoms with Crippen LogP contribution in [0.2, 0.25) is 0 Å². The summed E-state index contributed by atoms with van der Waals surface area (Å²) in [6.45, 7) is 1.62. The summed E-state index contributed by atoms with van der Waals surface area (Å²) in [5, 5.41) is 12.3. The van der Waals surface area contributed by atoms with E-state index < -0.39 is 29.6 Å². The molecule has 2 atom stereocenters. The van der Waals surface area contributed by atoms with E-state index in [-0.39, 0.29) is 31.8 Å². The number of nitrogens with one attached hydrogen (secondary N) is 1. The molecule has 0 aromatic carbocycles. The Morgan fingerprint density at radius 3 is 2.71 bits per heavy atom. The number of carbonyl (C=O) groups is 4. The van der Waals surface area contributed by atoms with Crippen molar-refractivity contribution in [2.24, 2.45) is 0 Å². The summed E-state index contributed by atoms with van der Waals surface area (Å²) >= 11 is 0. The van der Waals surface area contributed by atoms with Crippen molar-refractivity contribution in [2.45, 2.75) is 44.4 Å². The van der Waals surface area contributed by atoms with E-state index in [0.717, 1.165) is 0 Å². The van der Waals surface area contributed by atoms with Crippen LogP contribution in [0.1, 0.15) is 32.6 Å². The molecule has 0 radical (unpaired) electrons. The van der Waals surface area contributed by atoms with Crippen molar-refractivity contribution < 1.29 is 33.9 Å². The molecular formula is C12H16N2O7. The lowest BCUT2D eigenvalue weighted by Gasteiger charge is -2.30. The van der Waals surface area contributed by atoms with Gasteiger partial charge in [-0.15, -0.1) is 0 Å². The number of carboxylic acid groups (broad SMARTS) is 1. The summed E-state index contributed by atoms with van der Waals surface area (Å²) in [7, 11) is 0. The summed E-state index contributed by atoms with van der Waals surface area (Å²) in [4.78, 5) is 51.4. The van der Waals surface area contributed by atoms with E-state index in [0.29, 0.717) is 11.5 Å². The Morgan fingerprint density at radius 2 is 2.19 bits per heavy atom. The molecule has 0 saturated carbocycles. The first-order valence-corrected chi connectivity index (χ1v) is 6.62. The average Bonchev–Trinajstić information content (AvgIpc) is 2.96. The molecule has 2 saturated heterocycles. The number of amides is 2. The molecule has 2 heterocycles. The van der Waals surface area contributed by atoms with Crippen LogP contribution in [0.3, 0.4) is 0 Å². The van der Waals surface area contributed by atoms with Gasteiger partial charge in [-0.1, -0.05) is 6.92 Å². The van der Waals surface area contributed by atoms with Crippen molar-refractivity contribution in [3.8, 4) is 0 Å². The van der Waals surface area contributed by atoms with Gasteiger partial charge in [0.15, 0.2) is 0 Å². The molecule has 0 aliphatic carbocycles. The molecule has 2 fully saturated rings.